The van der Waals surface area contributed by atoms with Crippen LogP contribution >= 0.6 is 23.2 Å². The van der Waals surface area contributed by atoms with Crippen molar-refractivity contribution in [2.24, 2.45) is 7.05 Å². The standard InChI is InChI=1S/C22H26Cl2N4O3/c1-21(2,3)31-20(30)28-11-5-8-22(13-28,9-10-25)26-19(29)17-12-14-16(27(17)4)7-6-15(23)18(14)24/h6-7,12H,5,8-9,11,13H2,1-4H3,(H,26,29). The fourth-order valence-electron chi connectivity index (χ4n) is 3.93. The van der Waals surface area contributed by atoms with Crippen molar-refractivity contribution in [1.29, 1.82) is 5.26 Å². The first-order valence-electron chi connectivity index (χ1n) is 10.1. The summed E-state index contributed by atoms with van der Waals surface area (Å²) in [6, 6.07) is 7.34. The molecule has 1 unspecified atom stereocenters. The van der Waals surface area contributed by atoms with E-state index in [-0.39, 0.29) is 18.9 Å². The molecule has 0 aliphatic carbocycles. The first-order chi connectivity index (χ1) is 14.5. The molecule has 2 heterocycles. The maximum Gasteiger partial charge on any atom is 0.410 e. The third-order valence-electron chi connectivity index (χ3n) is 5.37. The zero-order valence-corrected chi connectivity index (χ0v) is 19.6. The third kappa shape index (κ3) is 4.91. The Balaban J connectivity index is 1.87. The van der Waals surface area contributed by atoms with Gasteiger partial charge in [-0.1, -0.05) is 23.2 Å². The molecule has 1 N–H and O–H groups in total. The number of ether oxygens (including phenoxy) is 1. The van der Waals surface area contributed by atoms with Gasteiger partial charge in [-0.3, -0.25) is 4.79 Å². The molecule has 0 bridgehead atoms. The molecule has 0 spiro atoms. The van der Waals surface area contributed by atoms with Crippen LogP contribution in [-0.4, -0.2) is 45.7 Å². The molecule has 0 radical (unpaired) electrons. The van der Waals surface area contributed by atoms with Gasteiger partial charge in [0.05, 0.1) is 28.1 Å². The number of carbonyl (C=O) groups is 2. The molecular formula is C22H26Cl2N4O3. The van der Waals surface area contributed by atoms with Gasteiger partial charge >= 0.3 is 6.09 Å². The number of hydrogen-bond donors (Lipinski definition) is 1. The third-order valence-corrected chi connectivity index (χ3v) is 6.19. The number of hydrogen-bond acceptors (Lipinski definition) is 4. The van der Waals surface area contributed by atoms with Crippen molar-refractivity contribution < 1.29 is 14.3 Å². The number of piperidine rings is 1. The van der Waals surface area contributed by atoms with Gasteiger partial charge in [0.25, 0.3) is 5.91 Å². The van der Waals surface area contributed by atoms with Crippen molar-refractivity contribution >= 4 is 46.1 Å². The van der Waals surface area contributed by atoms with E-state index >= 15 is 0 Å². The van der Waals surface area contributed by atoms with Gasteiger partial charge in [-0.15, -0.1) is 0 Å². The topological polar surface area (TPSA) is 87.4 Å². The van der Waals surface area contributed by atoms with Crippen LogP contribution in [-0.2, 0) is 11.8 Å². The SMILES string of the molecule is Cn1c(C(=O)NC2(CC#N)CCCN(C(=O)OC(C)(C)C)C2)cc2c(Cl)c(Cl)ccc21. The highest BCUT2D eigenvalue weighted by atomic mass is 35.5. The van der Waals surface area contributed by atoms with E-state index in [0.29, 0.717) is 40.5 Å². The van der Waals surface area contributed by atoms with Gasteiger partial charge in [0.1, 0.15) is 11.3 Å². The number of fused-ring (bicyclic) bond motifs is 1. The highest BCUT2D eigenvalue weighted by Gasteiger charge is 2.40. The predicted octanol–water partition coefficient (Wildman–Crippen LogP) is 4.90. The lowest BCUT2D eigenvalue weighted by Gasteiger charge is -2.42. The summed E-state index contributed by atoms with van der Waals surface area (Å²) in [5.41, 5.74) is -0.322. The average molecular weight is 465 g/mol. The van der Waals surface area contributed by atoms with Crippen LogP contribution in [0.1, 0.15) is 50.5 Å². The second-order valence-corrected chi connectivity index (χ2v) is 9.74. The molecule has 0 saturated carbocycles. The highest BCUT2D eigenvalue weighted by molar-refractivity contribution is 6.45. The summed E-state index contributed by atoms with van der Waals surface area (Å²) >= 11 is 12.4. The Labute approximate surface area is 191 Å². The first-order valence-corrected chi connectivity index (χ1v) is 10.8. The molecule has 3 rings (SSSR count). The van der Waals surface area contributed by atoms with Gasteiger partial charge in [-0.25, -0.2) is 4.79 Å². The highest BCUT2D eigenvalue weighted by Crippen LogP contribution is 2.33. The summed E-state index contributed by atoms with van der Waals surface area (Å²) in [4.78, 5) is 27.4. The smallest absolute Gasteiger partial charge is 0.410 e. The average Bonchev–Trinajstić information content (AvgIpc) is 3.01. The molecule has 1 aliphatic heterocycles. The maximum absolute atomic E-state index is 13.2. The van der Waals surface area contributed by atoms with Crippen LogP contribution in [0.4, 0.5) is 4.79 Å². The lowest BCUT2D eigenvalue weighted by molar-refractivity contribution is 0.0109. The second-order valence-electron chi connectivity index (χ2n) is 8.96. The van der Waals surface area contributed by atoms with Crippen LogP contribution in [0.25, 0.3) is 10.9 Å². The number of aryl methyl sites for hydroxylation is 1. The number of nitrogens with one attached hydrogen (secondary N) is 1. The molecule has 1 saturated heterocycles. The Morgan fingerprint density at radius 1 is 1.32 bits per heavy atom. The van der Waals surface area contributed by atoms with Crippen molar-refractivity contribution in [2.75, 3.05) is 13.1 Å². The number of amides is 2. The van der Waals surface area contributed by atoms with Crippen molar-refractivity contribution in [3.8, 4) is 6.07 Å². The zero-order valence-electron chi connectivity index (χ0n) is 18.1. The quantitative estimate of drug-likeness (QED) is 0.699. The van der Waals surface area contributed by atoms with Gasteiger partial charge in [-0.05, 0) is 51.8 Å². The van der Waals surface area contributed by atoms with Crippen molar-refractivity contribution in [1.82, 2.24) is 14.8 Å². The summed E-state index contributed by atoms with van der Waals surface area (Å²) in [6.07, 6.45) is 0.865. The minimum absolute atomic E-state index is 0.0779. The van der Waals surface area contributed by atoms with Gasteiger partial charge in [0.15, 0.2) is 0 Å². The lowest BCUT2D eigenvalue weighted by atomic mass is 9.86. The fourth-order valence-corrected chi connectivity index (χ4v) is 4.31. The summed E-state index contributed by atoms with van der Waals surface area (Å²) in [6.45, 7) is 6.13. The van der Waals surface area contributed by atoms with Crippen LogP contribution in [0.3, 0.4) is 0 Å². The minimum atomic E-state index is -0.862. The molecule has 1 fully saturated rings. The second kappa shape index (κ2) is 8.60. The monoisotopic (exact) mass is 464 g/mol. The van der Waals surface area contributed by atoms with E-state index in [1.807, 2.05) is 0 Å². The number of aromatic nitrogens is 1. The molecule has 1 aliphatic rings. The Hall–Kier alpha value is -2.43. The van der Waals surface area contributed by atoms with E-state index in [1.165, 1.54) is 0 Å². The van der Waals surface area contributed by atoms with E-state index in [0.717, 1.165) is 5.52 Å². The molecule has 2 aromatic rings. The van der Waals surface area contributed by atoms with Crippen LogP contribution in [0, 0.1) is 11.3 Å². The van der Waals surface area contributed by atoms with Crippen LogP contribution < -0.4 is 5.32 Å². The number of nitrogens with zero attached hydrogens (tertiary/aromatic N) is 3. The number of carbonyl (C=O) groups excluding carboxylic acids is 2. The Morgan fingerprint density at radius 2 is 2.03 bits per heavy atom. The van der Waals surface area contributed by atoms with E-state index in [4.69, 9.17) is 27.9 Å². The van der Waals surface area contributed by atoms with E-state index in [2.05, 4.69) is 11.4 Å². The summed E-state index contributed by atoms with van der Waals surface area (Å²) in [7, 11) is 1.77. The molecule has 2 amide bonds. The Kier molecular flexibility index (Phi) is 6.45. The zero-order chi connectivity index (χ0) is 23.0. The number of benzene rings is 1. The van der Waals surface area contributed by atoms with Gasteiger partial charge in [0, 0.05) is 31.0 Å². The molecule has 1 atom stereocenters. The van der Waals surface area contributed by atoms with Gasteiger partial charge in [-0.2, -0.15) is 5.26 Å². The minimum Gasteiger partial charge on any atom is -0.444 e. The predicted molar refractivity (Wildman–Crippen MR) is 120 cm³/mol. The number of likely N-dealkylation sites (tertiary alicyclic amines) is 1. The molecule has 1 aromatic heterocycles. The number of nitriles is 1. The van der Waals surface area contributed by atoms with Crippen molar-refractivity contribution in [3.05, 3.63) is 33.9 Å². The van der Waals surface area contributed by atoms with Crippen molar-refractivity contribution in [3.63, 3.8) is 0 Å². The van der Waals surface area contributed by atoms with Crippen LogP contribution in [0.15, 0.2) is 18.2 Å². The molecule has 166 valence electrons. The molecule has 9 heteroatoms. The Bertz CT molecular complexity index is 1070. The molecule has 31 heavy (non-hydrogen) atoms. The fraction of sp³-hybridized carbons (Fsp3) is 0.500. The van der Waals surface area contributed by atoms with Gasteiger partial charge < -0.3 is 19.5 Å². The summed E-state index contributed by atoms with van der Waals surface area (Å²) < 4.78 is 7.22. The molecule has 1 aromatic carbocycles. The van der Waals surface area contributed by atoms with E-state index in [1.54, 1.807) is 55.5 Å². The normalized spacial score (nSPS) is 19.2. The van der Waals surface area contributed by atoms with Crippen LogP contribution in [0.2, 0.25) is 10.0 Å². The van der Waals surface area contributed by atoms with E-state index in [9.17, 15) is 14.9 Å². The lowest BCUT2D eigenvalue weighted by Crippen LogP contribution is -2.60. The number of rotatable bonds is 3. The van der Waals surface area contributed by atoms with Gasteiger partial charge in [0.2, 0.25) is 0 Å². The number of halogens is 2. The van der Waals surface area contributed by atoms with Crippen molar-refractivity contribution in [2.45, 2.75) is 51.2 Å². The molecular weight excluding hydrogens is 439 g/mol. The Morgan fingerprint density at radius 3 is 2.68 bits per heavy atom. The first kappa shape index (κ1) is 23.2. The van der Waals surface area contributed by atoms with Crippen LogP contribution in [0.5, 0.6) is 0 Å². The summed E-state index contributed by atoms with van der Waals surface area (Å²) in [5, 5.41) is 13.9. The summed E-state index contributed by atoms with van der Waals surface area (Å²) in [5.74, 6) is -0.341. The largest absolute Gasteiger partial charge is 0.444 e. The maximum atomic E-state index is 13.2. The molecule has 7 nitrogen and oxygen atoms in total. The van der Waals surface area contributed by atoms with E-state index < -0.39 is 17.2 Å².